The first kappa shape index (κ1) is 13.2. The first-order chi connectivity index (χ1) is 8.08. The molecule has 1 aromatic carbocycles. The first-order valence-electron chi connectivity index (χ1n) is 5.30. The number of rotatable bonds is 5. The topological polar surface area (TPSA) is 46.5 Å². The molecule has 3 nitrogen and oxygen atoms in total. The van der Waals surface area contributed by atoms with Gasteiger partial charge in [0.05, 0.1) is 6.10 Å². The van der Waals surface area contributed by atoms with Gasteiger partial charge in [-0.25, -0.2) is 0 Å². The molecule has 1 N–H and O–H groups in total. The highest BCUT2D eigenvalue weighted by Gasteiger charge is 2.15. The molecule has 0 radical (unpaired) electrons. The van der Waals surface area contributed by atoms with Gasteiger partial charge in [-0.2, -0.15) is 0 Å². The van der Waals surface area contributed by atoms with E-state index in [-0.39, 0.29) is 11.9 Å². The maximum Gasteiger partial charge on any atom is 0.308 e. The number of carbonyl (C=O) groups excluding carboxylic acids is 1. The lowest BCUT2D eigenvalue weighted by atomic mass is 9.96. The maximum atomic E-state index is 10.8. The molecule has 0 aliphatic rings. The van der Waals surface area contributed by atoms with Crippen LogP contribution in [0.15, 0.2) is 49.6 Å². The van der Waals surface area contributed by atoms with Gasteiger partial charge in [0.15, 0.2) is 0 Å². The summed E-state index contributed by atoms with van der Waals surface area (Å²) in [4.78, 5) is 10.8. The first-order valence-corrected chi connectivity index (χ1v) is 5.30. The lowest BCUT2D eigenvalue weighted by molar-refractivity contribution is -0.131. The van der Waals surface area contributed by atoms with Crippen LogP contribution in [0.25, 0.3) is 0 Å². The Labute approximate surface area is 101 Å². The van der Waals surface area contributed by atoms with Crippen LogP contribution in [0.5, 0.6) is 5.75 Å². The van der Waals surface area contributed by atoms with Crippen LogP contribution in [-0.4, -0.2) is 11.1 Å². The molecule has 1 aromatic rings. The second-order valence-electron chi connectivity index (χ2n) is 3.66. The number of hydrogen-bond acceptors (Lipinski definition) is 3. The van der Waals surface area contributed by atoms with Crippen molar-refractivity contribution < 1.29 is 14.6 Å². The third-order valence-electron chi connectivity index (χ3n) is 2.37. The van der Waals surface area contributed by atoms with Gasteiger partial charge in [-0.15, -0.1) is 13.2 Å². The molecule has 0 saturated heterocycles. The smallest absolute Gasteiger partial charge is 0.308 e. The Kier molecular flexibility index (Phi) is 4.67. The molecule has 90 valence electrons. The molecule has 0 fully saturated rings. The maximum absolute atomic E-state index is 10.8. The summed E-state index contributed by atoms with van der Waals surface area (Å²) in [5.74, 6) is -0.205. The summed E-state index contributed by atoms with van der Waals surface area (Å²) < 4.78 is 4.95. The van der Waals surface area contributed by atoms with Crippen LogP contribution < -0.4 is 4.74 Å². The highest BCUT2D eigenvalue weighted by atomic mass is 16.5. The Morgan fingerprint density at radius 1 is 1.41 bits per heavy atom. The molecule has 0 spiro atoms. The van der Waals surface area contributed by atoms with Crippen LogP contribution in [0, 0.1) is 5.92 Å². The molecular weight excluding hydrogens is 216 g/mol. The highest BCUT2D eigenvalue weighted by Crippen LogP contribution is 2.26. The number of carbonyl (C=O) groups is 1. The Morgan fingerprint density at radius 2 is 2.06 bits per heavy atom. The predicted molar refractivity (Wildman–Crippen MR) is 66.6 cm³/mol. The average Bonchev–Trinajstić information content (AvgIpc) is 2.30. The number of ether oxygens (including phenoxy) is 1. The second kappa shape index (κ2) is 6.01. The van der Waals surface area contributed by atoms with Crippen molar-refractivity contribution >= 4 is 5.97 Å². The van der Waals surface area contributed by atoms with Crippen molar-refractivity contribution in [1.29, 1.82) is 0 Å². The van der Waals surface area contributed by atoms with Gasteiger partial charge in [0.25, 0.3) is 0 Å². The zero-order valence-corrected chi connectivity index (χ0v) is 9.80. The van der Waals surface area contributed by atoms with Gasteiger partial charge in [-0.3, -0.25) is 4.79 Å². The number of benzene rings is 1. The third kappa shape index (κ3) is 3.57. The van der Waals surface area contributed by atoms with Crippen LogP contribution in [0.2, 0.25) is 0 Å². The Bertz CT molecular complexity index is 415. The third-order valence-corrected chi connectivity index (χ3v) is 2.37. The van der Waals surface area contributed by atoms with Gasteiger partial charge in [0.1, 0.15) is 5.75 Å². The second-order valence-corrected chi connectivity index (χ2v) is 3.66. The van der Waals surface area contributed by atoms with E-state index in [1.54, 1.807) is 36.4 Å². The molecule has 0 heterocycles. The Hall–Kier alpha value is -1.87. The molecule has 0 saturated carbocycles. The molecule has 1 rings (SSSR count). The minimum Gasteiger partial charge on any atom is -0.427 e. The lowest BCUT2D eigenvalue weighted by Crippen LogP contribution is -2.08. The van der Waals surface area contributed by atoms with Gasteiger partial charge >= 0.3 is 5.97 Å². The van der Waals surface area contributed by atoms with Gasteiger partial charge in [-0.05, 0) is 17.7 Å². The highest BCUT2D eigenvalue weighted by molar-refractivity contribution is 5.69. The fourth-order valence-electron chi connectivity index (χ4n) is 1.50. The molecule has 1 unspecified atom stereocenters. The summed E-state index contributed by atoms with van der Waals surface area (Å²) >= 11 is 0. The van der Waals surface area contributed by atoms with Crippen molar-refractivity contribution in [2.75, 3.05) is 0 Å². The fraction of sp³-hybridized carbons (Fsp3) is 0.214. The van der Waals surface area contributed by atoms with Crippen LogP contribution in [0.4, 0.5) is 0 Å². The molecule has 0 aliphatic carbocycles. The van der Waals surface area contributed by atoms with Crippen molar-refractivity contribution in [2.24, 2.45) is 5.92 Å². The summed E-state index contributed by atoms with van der Waals surface area (Å²) in [6.07, 6.45) is 2.51. The molecule has 17 heavy (non-hydrogen) atoms. The molecule has 3 heteroatoms. The van der Waals surface area contributed by atoms with Gasteiger partial charge in [0.2, 0.25) is 0 Å². The minimum absolute atomic E-state index is 0.234. The predicted octanol–water partition coefficient (Wildman–Crippen LogP) is 2.63. The summed E-state index contributed by atoms with van der Waals surface area (Å²) in [5.41, 5.74) is 0.661. The molecule has 0 bridgehead atoms. The van der Waals surface area contributed by atoms with E-state index in [2.05, 4.69) is 13.2 Å². The lowest BCUT2D eigenvalue weighted by Gasteiger charge is -2.16. The van der Waals surface area contributed by atoms with E-state index in [0.717, 1.165) is 0 Å². The number of hydrogen-bond donors (Lipinski definition) is 1. The normalized spacial score (nSPS) is 11.9. The number of aliphatic hydroxyl groups excluding tert-OH is 1. The minimum atomic E-state index is -0.736. The monoisotopic (exact) mass is 232 g/mol. The molecular formula is C14H16O3. The van der Waals surface area contributed by atoms with Crippen LogP contribution in [0.1, 0.15) is 18.6 Å². The Morgan fingerprint density at radius 3 is 2.59 bits per heavy atom. The van der Waals surface area contributed by atoms with E-state index >= 15 is 0 Å². The summed E-state index contributed by atoms with van der Waals surface area (Å²) in [6.45, 7) is 8.60. The SMILES string of the molecule is C=CC(C=C)C(O)c1cccc(OC(C)=O)c1. The molecule has 0 aromatic heterocycles. The van der Waals surface area contributed by atoms with Crippen molar-refractivity contribution in [3.63, 3.8) is 0 Å². The summed E-state index contributed by atoms with van der Waals surface area (Å²) in [6, 6.07) is 6.78. The van der Waals surface area contributed by atoms with Crippen molar-refractivity contribution in [3.8, 4) is 5.75 Å². The zero-order chi connectivity index (χ0) is 12.8. The molecule has 0 amide bonds. The van der Waals surface area contributed by atoms with E-state index in [1.807, 2.05) is 0 Å². The van der Waals surface area contributed by atoms with Crippen LogP contribution in [0.3, 0.4) is 0 Å². The van der Waals surface area contributed by atoms with Crippen LogP contribution in [-0.2, 0) is 4.79 Å². The van der Waals surface area contributed by atoms with E-state index in [9.17, 15) is 9.90 Å². The number of esters is 1. The molecule has 1 atom stereocenters. The van der Waals surface area contributed by atoms with Gasteiger partial charge < -0.3 is 9.84 Å². The fourth-order valence-corrected chi connectivity index (χ4v) is 1.50. The standard InChI is InChI=1S/C14H16O3/c1-4-11(5-2)14(16)12-7-6-8-13(9-12)17-10(3)15/h4-9,11,14,16H,1-2H2,3H3. The van der Waals surface area contributed by atoms with Crippen LogP contribution >= 0.6 is 0 Å². The zero-order valence-electron chi connectivity index (χ0n) is 9.80. The van der Waals surface area contributed by atoms with Crippen molar-refractivity contribution in [3.05, 3.63) is 55.1 Å². The van der Waals surface area contributed by atoms with Crippen molar-refractivity contribution in [1.82, 2.24) is 0 Å². The van der Waals surface area contributed by atoms with Crippen molar-refractivity contribution in [2.45, 2.75) is 13.0 Å². The summed E-state index contributed by atoms with van der Waals surface area (Å²) in [7, 11) is 0. The van der Waals surface area contributed by atoms with E-state index in [0.29, 0.717) is 11.3 Å². The van der Waals surface area contributed by atoms with E-state index in [4.69, 9.17) is 4.74 Å². The molecule has 0 aliphatic heterocycles. The van der Waals surface area contributed by atoms with E-state index in [1.165, 1.54) is 6.92 Å². The number of aliphatic hydroxyl groups is 1. The van der Waals surface area contributed by atoms with Gasteiger partial charge in [0, 0.05) is 12.8 Å². The largest absolute Gasteiger partial charge is 0.427 e. The Balaban J connectivity index is 2.94. The van der Waals surface area contributed by atoms with Gasteiger partial charge in [-0.1, -0.05) is 24.3 Å². The quantitative estimate of drug-likeness (QED) is 0.482. The van der Waals surface area contributed by atoms with E-state index < -0.39 is 6.10 Å². The summed E-state index contributed by atoms with van der Waals surface area (Å²) in [5, 5.41) is 10.1. The average molecular weight is 232 g/mol.